The normalized spacial score (nSPS) is 11.4. The number of ether oxygens (including phenoxy) is 1. The Hall–Kier alpha value is -3.36. The number of carbonyl (C=O) groups is 2. The van der Waals surface area contributed by atoms with Crippen molar-refractivity contribution in [3.8, 4) is 11.4 Å². The summed E-state index contributed by atoms with van der Waals surface area (Å²) in [5.74, 6) is 0.526. The lowest BCUT2D eigenvalue weighted by Gasteiger charge is -2.17. The van der Waals surface area contributed by atoms with Crippen molar-refractivity contribution >= 4 is 34.9 Å². The van der Waals surface area contributed by atoms with Crippen molar-refractivity contribution in [2.24, 2.45) is 0 Å². The Morgan fingerprint density at radius 1 is 1.03 bits per heavy atom. The number of hydrogen-bond donors (Lipinski definition) is 2. The predicted molar refractivity (Wildman–Crippen MR) is 135 cm³/mol. The van der Waals surface area contributed by atoms with E-state index in [0.29, 0.717) is 22.3 Å². The minimum atomic E-state index is -0.291. The molecule has 8 nitrogen and oxygen atoms in total. The molecule has 2 N–H and O–H groups in total. The molecule has 1 heterocycles. The quantitative estimate of drug-likeness (QED) is 0.497. The molecule has 0 spiro atoms. The van der Waals surface area contributed by atoms with Crippen LogP contribution in [0.3, 0.4) is 0 Å². The van der Waals surface area contributed by atoms with Gasteiger partial charge in [-0.3, -0.25) is 14.5 Å². The third-order valence-electron chi connectivity index (χ3n) is 5.01. The highest BCUT2D eigenvalue weighted by atomic mass is 35.5. The number of nitrogens with one attached hydrogen (secondary N) is 2. The molecule has 0 saturated heterocycles. The van der Waals surface area contributed by atoms with Gasteiger partial charge in [0.2, 0.25) is 11.8 Å². The number of carbonyl (C=O) groups excluding carboxylic acids is 2. The topological polar surface area (TPSA) is 88.5 Å². The van der Waals surface area contributed by atoms with Crippen LogP contribution in [0, 0.1) is 0 Å². The van der Waals surface area contributed by atoms with Crippen molar-refractivity contribution in [2.45, 2.75) is 26.2 Å². The first-order valence-electron chi connectivity index (χ1n) is 10.8. The summed E-state index contributed by atoms with van der Waals surface area (Å²) in [5.41, 5.74) is 1.99. The predicted octanol–water partition coefficient (Wildman–Crippen LogP) is 4.34. The number of anilines is 2. The minimum absolute atomic E-state index is 0.00821. The second kappa shape index (κ2) is 10.7. The molecule has 0 aliphatic heterocycles. The molecule has 0 bridgehead atoms. The molecular weight excluding hydrogens is 454 g/mol. The highest BCUT2D eigenvalue weighted by Gasteiger charge is 2.22. The number of amides is 2. The Morgan fingerprint density at radius 2 is 1.68 bits per heavy atom. The lowest BCUT2D eigenvalue weighted by molar-refractivity contribution is -0.119. The number of likely N-dealkylation sites (N-methyl/N-ethyl adjacent to an activating group) is 1. The largest absolute Gasteiger partial charge is 0.495 e. The molecule has 9 heteroatoms. The van der Waals surface area contributed by atoms with E-state index in [1.54, 1.807) is 34.8 Å². The Labute approximate surface area is 204 Å². The van der Waals surface area contributed by atoms with E-state index in [1.165, 1.54) is 7.11 Å². The highest BCUT2D eigenvalue weighted by molar-refractivity contribution is 6.31. The van der Waals surface area contributed by atoms with Crippen LogP contribution in [0.1, 0.15) is 26.5 Å². The smallest absolute Gasteiger partial charge is 0.239 e. The molecule has 0 radical (unpaired) electrons. The van der Waals surface area contributed by atoms with Gasteiger partial charge in [-0.1, -0.05) is 50.6 Å². The van der Waals surface area contributed by atoms with Crippen molar-refractivity contribution in [3.63, 3.8) is 0 Å². The summed E-state index contributed by atoms with van der Waals surface area (Å²) in [6.45, 7) is 6.23. The van der Waals surface area contributed by atoms with E-state index in [1.807, 2.05) is 36.4 Å². The Kier molecular flexibility index (Phi) is 7.96. The van der Waals surface area contributed by atoms with E-state index in [2.05, 4.69) is 31.4 Å². The van der Waals surface area contributed by atoms with E-state index in [4.69, 9.17) is 21.4 Å². The zero-order valence-electron chi connectivity index (χ0n) is 20.1. The summed E-state index contributed by atoms with van der Waals surface area (Å²) in [4.78, 5) is 26.9. The lowest BCUT2D eigenvalue weighted by atomic mass is 9.92. The van der Waals surface area contributed by atoms with Crippen molar-refractivity contribution < 1.29 is 14.3 Å². The molecule has 0 fully saturated rings. The zero-order chi connectivity index (χ0) is 24.9. The molecule has 34 heavy (non-hydrogen) atoms. The molecular formula is C25H30ClN5O3. The third kappa shape index (κ3) is 6.59. The molecule has 0 atom stereocenters. The number of nitrogens with zero attached hydrogens (tertiary/aromatic N) is 3. The van der Waals surface area contributed by atoms with Gasteiger partial charge in [0.05, 0.1) is 37.3 Å². The fourth-order valence-corrected chi connectivity index (χ4v) is 3.47. The maximum Gasteiger partial charge on any atom is 0.239 e. The van der Waals surface area contributed by atoms with E-state index < -0.39 is 0 Å². The second-order valence-electron chi connectivity index (χ2n) is 9.03. The number of hydrogen-bond acceptors (Lipinski definition) is 5. The number of halogens is 1. The molecule has 180 valence electrons. The summed E-state index contributed by atoms with van der Waals surface area (Å²) < 4.78 is 6.97. The number of benzene rings is 2. The molecule has 0 saturated carbocycles. The average molecular weight is 484 g/mol. The van der Waals surface area contributed by atoms with Crippen molar-refractivity contribution in [1.82, 2.24) is 14.7 Å². The van der Waals surface area contributed by atoms with Gasteiger partial charge in [-0.15, -0.1) is 0 Å². The summed E-state index contributed by atoms with van der Waals surface area (Å²) in [6, 6.07) is 16.5. The van der Waals surface area contributed by atoms with Gasteiger partial charge in [-0.05, 0) is 37.4 Å². The lowest BCUT2D eigenvalue weighted by Crippen LogP contribution is -2.36. The van der Waals surface area contributed by atoms with Gasteiger partial charge in [0.15, 0.2) is 0 Å². The van der Waals surface area contributed by atoms with Crippen molar-refractivity contribution in [1.29, 1.82) is 0 Å². The molecule has 3 aromatic rings. The Balaban J connectivity index is 1.66. The molecule has 0 aliphatic rings. The fourth-order valence-electron chi connectivity index (χ4n) is 3.30. The first kappa shape index (κ1) is 25.3. The first-order chi connectivity index (χ1) is 16.1. The van der Waals surface area contributed by atoms with Gasteiger partial charge in [-0.2, -0.15) is 5.10 Å². The molecule has 2 aromatic carbocycles. The monoisotopic (exact) mass is 483 g/mol. The van der Waals surface area contributed by atoms with Crippen LogP contribution in [-0.4, -0.2) is 53.7 Å². The van der Waals surface area contributed by atoms with Crippen LogP contribution in [0.15, 0.2) is 54.6 Å². The summed E-state index contributed by atoms with van der Waals surface area (Å²) in [5, 5.41) is 10.9. The number of methoxy groups -OCH3 is 1. The van der Waals surface area contributed by atoms with Crippen LogP contribution in [0.25, 0.3) is 5.69 Å². The summed E-state index contributed by atoms with van der Waals surface area (Å²) in [6.07, 6.45) is 0. The van der Waals surface area contributed by atoms with Crippen LogP contribution in [0.2, 0.25) is 5.02 Å². The minimum Gasteiger partial charge on any atom is -0.495 e. The fraction of sp³-hybridized carbons (Fsp3) is 0.320. The van der Waals surface area contributed by atoms with Crippen LogP contribution < -0.4 is 15.4 Å². The van der Waals surface area contributed by atoms with Crippen LogP contribution in [-0.2, 0) is 15.0 Å². The molecule has 0 unspecified atom stereocenters. The zero-order valence-corrected chi connectivity index (χ0v) is 20.8. The van der Waals surface area contributed by atoms with E-state index in [-0.39, 0.29) is 30.3 Å². The van der Waals surface area contributed by atoms with E-state index >= 15 is 0 Å². The van der Waals surface area contributed by atoms with Crippen LogP contribution in [0.5, 0.6) is 5.75 Å². The Morgan fingerprint density at radius 3 is 2.29 bits per heavy atom. The molecule has 0 aliphatic carbocycles. The summed E-state index contributed by atoms with van der Waals surface area (Å²) >= 11 is 6.02. The highest BCUT2D eigenvalue weighted by Crippen LogP contribution is 2.28. The molecule has 1 aromatic heterocycles. The average Bonchev–Trinajstić information content (AvgIpc) is 3.18. The maximum absolute atomic E-state index is 12.8. The van der Waals surface area contributed by atoms with Crippen molar-refractivity contribution in [2.75, 3.05) is 37.9 Å². The second-order valence-corrected chi connectivity index (χ2v) is 9.46. The van der Waals surface area contributed by atoms with Crippen LogP contribution >= 0.6 is 11.6 Å². The molecule has 2 amide bonds. The van der Waals surface area contributed by atoms with Gasteiger partial charge >= 0.3 is 0 Å². The maximum atomic E-state index is 12.8. The van der Waals surface area contributed by atoms with E-state index in [0.717, 1.165) is 11.4 Å². The van der Waals surface area contributed by atoms with Gasteiger partial charge in [0.1, 0.15) is 11.6 Å². The first-order valence-corrected chi connectivity index (χ1v) is 11.2. The van der Waals surface area contributed by atoms with Gasteiger partial charge in [-0.25, -0.2) is 4.68 Å². The SMILES string of the molecule is COc1ccc(Cl)cc1NC(=O)CN(C)CC(=O)Nc1cc(C(C)(C)C)nn1-c1ccccc1. The Bertz CT molecular complexity index is 1160. The molecule has 3 rings (SSSR count). The summed E-state index contributed by atoms with van der Waals surface area (Å²) in [7, 11) is 3.21. The number of aromatic nitrogens is 2. The van der Waals surface area contributed by atoms with E-state index in [9.17, 15) is 9.59 Å². The number of rotatable bonds is 8. The van der Waals surface area contributed by atoms with Crippen molar-refractivity contribution in [3.05, 3.63) is 65.3 Å². The van der Waals surface area contributed by atoms with Crippen LogP contribution in [0.4, 0.5) is 11.5 Å². The van der Waals surface area contributed by atoms with Gasteiger partial charge < -0.3 is 15.4 Å². The number of para-hydroxylation sites is 1. The third-order valence-corrected chi connectivity index (χ3v) is 5.24. The van der Waals surface area contributed by atoms with Gasteiger partial charge in [0, 0.05) is 16.5 Å². The van der Waals surface area contributed by atoms with Gasteiger partial charge in [0.25, 0.3) is 0 Å². The standard InChI is InChI=1S/C25H30ClN5O3/c1-25(2,3)21-14-22(31(29-21)18-9-7-6-8-10-18)28-24(33)16-30(4)15-23(32)27-19-13-17(26)11-12-20(19)34-5/h6-14H,15-16H2,1-5H3,(H,27,32)(H,28,33).